The Morgan fingerprint density at radius 2 is 2.08 bits per heavy atom. The summed E-state index contributed by atoms with van der Waals surface area (Å²) in [5, 5.41) is 30.1. The third-order valence-corrected chi connectivity index (χ3v) is 5.46. The molecule has 3 aromatic rings. The van der Waals surface area contributed by atoms with Crippen LogP contribution in [0, 0.1) is 6.92 Å². The van der Waals surface area contributed by atoms with E-state index in [1.165, 1.54) is 24.4 Å². The van der Waals surface area contributed by atoms with Gasteiger partial charge in [-0.15, -0.1) is 0 Å². The summed E-state index contributed by atoms with van der Waals surface area (Å²) in [6.45, 7) is 1.57. The van der Waals surface area contributed by atoms with Gasteiger partial charge in [0, 0.05) is 17.3 Å². The summed E-state index contributed by atoms with van der Waals surface area (Å²) in [5.41, 5.74) is 2.06. The predicted molar refractivity (Wildman–Crippen MR) is 91.4 cm³/mol. The first-order valence-corrected chi connectivity index (χ1v) is 8.80. The highest BCUT2D eigenvalue weighted by molar-refractivity contribution is 7.99. The topological polar surface area (TPSA) is 126 Å². The third-order valence-electron chi connectivity index (χ3n) is 4.29. The van der Waals surface area contributed by atoms with Gasteiger partial charge in [0.2, 0.25) is 0 Å². The second kappa shape index (κ2) is 6.89. The Bertz CT molecular complexity index is 936. The summed E-state index contributed by atoms with van der Waals surface area (Å²) in [4.78, 5) is 18.0. The zero-order valence-corrected chi connectivity index (χ0v) is 14.6. The van der Waals surface area contributed by atoms with Gasteiger partial charge in [-0.25, -0.2) is 15.0 Å². The molecule has 0 amide bonds. The number of hydrogen-bond acceptors (Lipinski definition) is 9. The van der Waals surface area contributed by atoms with Gasteiger partial charge in [0.25, 0.3) is 0 Å². The molecule has 0 bridgehead atoms. The van der Waals surface area contributed by atoms with Crippen LogP contribution in [0.5, 0.6) is 0 Å². The van der Waals surface area contributed by atoms with E-state index in [0.717, 1.165) is 10.5 Å². The molecule has 3 N–H and O–H groups in total. The van der Waals surface area contributed by atoms with Crippen LogP contribution in [-0.4, -0.2) is 64.7 Å². The number of aromatic nitrogens is 5. The van der Waals surface area contributed by atoms with Gasteiger partial charge < -0.3 is 20.1 Å². The average Bonchev–Trinajstić information content (AvgIpc) is 3.19. The largest absolute Gasteiger partial charge is 0.394 e. The quantitative estimate of drug-likeness (QED) is 0.552. The molecule has 1 aliphatic heterocycles. The van der Waals surface area contributed by atoms with Gasteiger partial charge in [-0.2, -0.15) is 0 Å². The van der Waals surface area contributed by atoms with E-state index >= 15 is 0 Å². The maximum atomic E-state index is 10.2. The van der Waals surface area contributed by atoms with Crippen LogP contribution in [-0.2, 0) is 4.74 Å². The van der Waals surface area contributed by atoms with E-state index < -0.39 is 31.1 Å². The molecule has 0 radical (unpaired) electrons. The molecule has 3 aromatic heterocycles. The van der Waals surface area contributed by atoms with Crippen molar-refractivity contribution in [3.8, 4) is 0 Å². The molecule has 0 saturated carbocycles. The summed E-state index contributed by atoms with van der Waals surface area (Å²) in [5.74, 6) is 0. The monoisotopic (exact) mass is 375 g/mol. The van der Waals surface area contributed by atoms with Crippen LogP contribution >= 0.6 is 11.8 Å². The van der Waals surface area contributed by atoms with Crippen LogP contribution in [0.4, 0.5) is 0 Å². The maximum Gasteiger partial charge on any atom is 0.166 e. The molecule has 1 fully saturated rings. The van der Waals surface area contributed by atoms with Gasteiger partial charge in [-0.1, -0.05) is 11.8 Å². The van der Waals surface area contributed by atoms with E-state index in [9.17, 15) is 15.3 Å². The molecular weight excluding hydrogens is 358 g/mol. The van der Waals surface area contributed by atoms with Crippen molar-refractivity contribution >= 4 is 22.9 Å². The zero-order chi connectivity index (χ0) is 18.3. The molecule has 4 rings (SSSR count). The number of aryl methyl sites for hydroxylation is 1. The zero-order valence-electron chi connectivity index (χ0n) is 13.8. The van der Waals surface area contributed by atoms with Crippen LogP contribution in [0.3, 0.4) is 0 Å². The van der Waals surface area contributed by atoms with Crippen molar-refractivity contribution in [2.75, 3.05) is 6.61 Å². The van der Waals surface area contributed by atoms with Crippen LogP contribution < -0.4 is 0 Å². The number of imidazole rings is 1. The van der Waals surface area contributed by atoms with E-state index in [4.69, 9.17) is 4.74 Å². The number of pyridine rings is 1. The number of fused-ring (bicyclic) bond motifs is 1. The Morgan fingerprint density at radius 1 is 1.23 bits per heavy atom. The number of rotatable bonds is 4. The molecule has 1 saturated heterocycles. The smallest absolute Gasteiger partial charge is 0.166 e. The first-order chi connectivity index (χ1) is 12.6. The predicted octanol–water partition coefficient (Wildman–Crippen LogP) is 0.292. The van der Waals surface area contributed by atoms with Crippen molar-refractivity contribution < 1.29 is 20.1 Å². The Kier molecular flexibility index (Phi) is 4.59. The fourth-order valence-electron chi connectivity index (χ4n) is 2.88. The minimum atomic E-state index is -1.20. The summed E-state index contributed by atoms with van der Waals surface area (Å²) in [6, 6.07) is 1.90. The van der Waals surface area contributed by atoms with Crippen molar-refractivity contribution in [3.05, 3.63) is 36.7 Å². The SMILES string of the molecule is Cc1cnccc1Sc1ncnc2c1ncn2[C@@H]1O[C@H](CO)[C@@H](O)[C@H]1O. The Labute approximate surface area is 152 Å². The molecule has 10 heteroatoms. The Balaban J connectivity index is 1.71. The fraction of sp³-hybridized carbons (Fsp3) is 0.375. The lowest BCUT2D eigenvalue weighted by atomic mass is 10.1. The number of aliphatic hydroxyl groups excluding tert-OH is 3. The molecular formula is C16H17N5O4S. The third kappa shape index (κ3) is 2.85. The van der Waals surface area contributed by atoms with Gasteiger partial charge >= 0.3 is 0 Å². The van der Waals surface area contributed by atoms with Gasteiger partial charge in [-0.05, 0) is 18.6 Å². The van der Waals surface area contributed by atoms with Crippen molar-refractivity contribution in [1.82, 2.24) is 24.5 Å². The lowest BCUT2D eigenvalue weighted by molar-refractivity contribution is -0.0511. The van der Waals surface area contributed by atoms with E-state index in [2.05, 4.69) is 19.9 Å². The van der Waals surface area contributed by atoms with Crippen LogP contribution in [0.25, 0.3) is 11.2 Å². The minimum Gasteiger partial charge on any atom is -0.394 e. The molecule has 0 aliphatic carbocycles. The van der Waals surface area contributed by atoms with Crippen molar-refractivity contribution in [3.63, 3.8) is 0 Å². The molecule has 0 spiro atoms. The van der Waals surface area contributed by atoms with Crippen molar-refractivity contribution in [1.29, 1.82) is 0 Å². The van der Waals surface area contributed by atoms with Crippen LogP contribution in [0.1, 0.15) is 11.8 Å². The van der Waals surface area contributed by atoms with Gasteiger partial charge in [0.15, 0.2) is 11.9 Å². The molecule has 4 atom stereocenters. The normalized spacial score (nSPS) is 25.8. The number of ether oxygens (including phenoxy) is 1. The summed E-state index contributed by atoms with van der Waals surface area (Å²) >= 11 is 1.45. The first-order valence-electron chi connectivity index (χ1n) is 7.98. The van der Waals surface area contributed by atoms with E-state index in [1.54, 1.807) is 17.0 Å². The standard InChI is InChI=1S/C16H17N5O4S/c1-8-4-17-3-2-10(8)26-15-11-14(18-6-19-15)21(7-20-11)16-13(24)12(23)9(5-22)25-16/h2-4,6-7,9,12-13,16,22-24H,5H2,1H3/t9-,12-,13-,16-/m1/s1. The number of aliphatic hydroxyl groups is 3. The average molecular weight is 375 g/mol. The molecule has 0 unspecified atom stereocenters. The van der Waals surface area contributed by atoms with Gasteiger partial charge in [-0.3, -0.25) is 9.55 Å². The van der Waals surface area contributed by atoms with E-state index in [-0.39, 0.29) is 0 Å². The maximum absolute atomic E-state index is 10.2. The lowest BCUT2D eigenvalue weighted by Gasteiger charge is -2.16. The van der Waals surface area contributed by atoms with E-state index in [1.807, 2.05) is 13.0 Å². The van der Waals surface area contributed by atoms with Crippen molar-refractivity contribution in [2.45, 2.75) is 41.4 Å². The minimum absolute atomic E-state index is 0.390. The molecule has 26 heavy (non-hydrogen) atoms. The second-order valence-corrected chi connectivity index (χ2v) is 7.01. The number of nitrogens with zero attached hydrogens (tertiary/aromatic N) is 5. The first kappa shape index (κ1) is 17.3. The van der Waals surface area contributed by atoms with Gasteiger partial charge in [0.05, 0.1) is 12.9 Å². The molecule has 0 aromatic carbocycles. The Hall–Kier alpha value is -2.11. The number of hydrogen-bond donors (Lipinski definition) is 3. The lowest BCUT2D eigenvalue weighted by Crippen LogP contribution is -2.33. The highest BCUT2D eigenvalue weighted by Crippen LogP contribution is 2.35. The summed E-state index contributed by atoms with van der Waals surface area (Å²) in [7, 11) is 0. The molecule has 9 nitrogen and oxygen atoms in total. The highest BCUT2D eigenvalue weighted by atomic mass is 32.2. The van der Waals surface area contributed by atoms with Crippen molar-refractivity contribution in [2.24, 2.45) is 0 Å². The molecule has 4 heterocycles. The van der Waals surface area contributed by atoms with Crippen LogP contribution in [0.15, 0.2) is 41.0 Å². The Morgan fingerprint density at radius 3 is 2.81 bits per heavy atom. The summed E-state index contributed by atoms with van der Waals surface area (Å²) < 4.78 is 7.11. The summed E-state index contributed by atoms with van der Waals surface area (Å²) in [6.07, 6.45) is 2.27. The van der Waals surface area contributed by atoms with Gasteiger partial charge in [0.1, 0.15) is 35.2 Å². The second-order valence-electron chi connectivity index (χ2n) is 5.97. The highest BCUT2D eigenvalue weighted by Gasteiger charge is 2.44. The van der Waals surface area contributed by atoms with Crippen LogP contribution in [0.2, 0.25) is 0 Å². The van der Waals surface area contributed by atoms with E-state index in [0.29, 0.717) is 16.2 Å². The fourth-order valence-corrected chi connectivity index (χ4v) is 3.77. The molecule has 1 aliphatic rings. The molecule has 136 valence electrons.